The summed E-state index contributed by atoms with van der Waals surface area (Å²) in [5, 5.41) is 12.1. The van der Waals surface area contributed by atoms with Gasteiger partial charge in [0.05, 0.1) is 12.2 Å². The number of ether oxygens (including phenoxy) is 1. The third-order valence-electron chi connectivity index (χ3n) is 3.48. The summed E-state index contributed by atoms with van der Waals surface area (Å²) in [5.41, 5.74) is 0.521. The molecule has 0 saturated carbocycles. The Morgan fingerprint density at radius 2 is 2.12 bits per heavy atom. The van der Waals surface area contributed by atoms with Crippen LogP contribution in [0.3, 0.4) is 0 Å². The van der Waals surface area contributed by atoms with Crippen molar-refractivity contribution in [1.82, 2.24) is 5.32 Å². The van der Waals surface area contributed by atoms with Gasteiger partial charge in [-0.1, -0.05) is 25.4 Å². The Bertz CT molecular complexity index is 662. The largest absolute Gasteiger partial charge is 0.480 e. The van der Waals surface area contributed by atoms with Crippen LogP contribution in [0.2, 0.25) is 5.02 Å². The van der Waals surface area contributed by atoms with Gasteiger partial charge in [-0.05, 0) is 30.5 Å². The number of anilines is 1. The number of carbonyl (C=O) groups excluding carboxylic acids is 2. The molecule has 1 heterocycles. The number of carbonyl (C=O) groups is 3. The molecule has 7 nitrogen and oxygen atoms in total. The lowest BCUT2D eigenvalue weighted by molar-refractivity contribution is -0.142. The van der Waals surface area contributed by atoms with E-state index in [1.54, 1.807) is 18.2 Å². The van der Waals surface area contributed by atoms with Gasteiger partial charge in [-0.15, -0.1) is 0 Å². The second-order valence-corrected chi connectivity index (χ2v) is 6.47. The molecule has 1 aromatic rings. The number of hydrogen-bond acceptors (Lipinski definition) is 5. The van der Waals surface area contributed by atoms with Crippen LogP contribution in [0.1, 0.15) is 20.3 Å². The molecule has 1 aromatic carbocycles. The van der Waals surface area contributed by atoms with Gasteiger partial charge in [0.15, 0.2) is 5.75 Å². The summed E-state index contributed by atoms with van der Waals surface area (Å²) in [6, 6.07) is 3.77. The summed E-state index contributed by atoms with van der Waals surface area (Å²) in [5.74, 6) is -1.62. The molecule has 1 aliphatic rings. The zero-order valence-corrected chi connectivity index (χ0v) is 14.2. The highest BCUT2D eigenvalue weighted by molar-refractivity contribution is 6.31. The van der Waals surface area contributed by atoms with Crippen molar-refractivity contribution in [1.29, 1.82) is 0 Å². The highest BCUT2D eigenvalue weighted by Gasteiger charge is 2.28. The van der Waals surface area contributed by atoms with Crippen molar-refractivity contribution in [3.63, 3.8) is 0 Å². The van der Waals surface area contributed by atoms with Crippen LogP contribution < -0.4 is 15.0 Å². The van der Waals surface area contributed by atoms with Gasteiger partial charge < -0.3 is 20.1 Å². The lowest BCUT2D eigenvalue weighted by atomic mass is 10.0. The van der Waals surface area contributed by atoms with Crippen molar-refractivity contribution in [2.75, 3.05) is 18.0 Å². The second kappa shape index (κ2) is 7.53. The molecule has 2 rings (SSSR count). The fourth-order valence-electron chi connectivity index (χ4n) is 2.47. The Balaban J connectivity index is 2.10. The van der Waals surface area contributed by atoms with Gasteiger partial charge in [0.2, 0.25) is 5.91 Å². The predicted molar refractivity (Wildman–Crippen MR) is 88.3 cm³/mol. The first-order chi connectivity index (χ1) is 11.3. The van der Waals surface area contributed by atoms with Crippen LogP contribution in [0.15, 0.2) is 18.2 Å². The molecule has 8 heteroatoms. The first-order valence-electron chi connectivity index (χ1n) is 7.53. The molecule has 2 N–H and O–H groups in total. The van der Waals surface area contributed by atoms with Crippen molar-refractivity contribution in [2.45, 2.75) is 26.3 Å². The van der Waals surface area contributed by atoms with E-state index in [0.717, 1.165) is 0 Å². The van der Waals surface area contributed by atoms with Gasteiger partial charge in [-0.3, -0.25) is 4.79 Å². The SMILES string of the molecule is CC(C)CC(NC(=O)CN1CC(=O)Oc2ccc(Cl)cc21)C(=O)O. The molecule has 1 amide bonds. The molecule has 0 saturated heterocycles. The topological polar surface area (TPSA) is 95.9 Å². The molecule has 0 spiro atoms. The number of esters is 1. The van der Waals surface area contributed by atoms with Gasteiger partial charge in [0, 0.05) is 5.02 Å². The molecule has 0 aliphatic carbocycles. The Hall–Kier alpha value is -2.28. The maximum absolute atomic E-state index is 12.2. The molecular formula is C16H19ClN2O5. The summed E-state index contributed by atoms with van der Waals surface area (Å²) in [7, 11) is 0. The van der Waals surface area contributed by atoms with Gasteiger partial charge >= 0.3 is 11.9 Å². The number of fused-ring (bicyclic) bond motifs is 1. The number of hydrogen-bond donors (Lipinski definition) is 2. The van der Waals surface area contributed by atoms with Crippen molar-refractivity contribution in [3.05, 3.63) is 23.2 Å². The minimum atomic E-state index is -1.08. The Labute approximate surface area is 144 Å². The van der Waals surface area contributed by atoms with E-state index in [1.165, 1.54) is 4.90 Å². The number of nitrogens with one attached hydrogen (secondary N) is 1. The van der Waals surface area contributed by atoms with Crippen LogP contribution in [0.25, 0.3) is 0 Å². The summed E-state index contributed by atoms with van der Waals surface area (Å²) in [4.78, 5) is 36.6. The quantitative estimate of drug-likeness (QED) is 0.596. The summed E-state index contributed by atoms with van der Waals surface area (Å²) in [6.45, 7) is 3.48. The highest BCUT2D eigenvalue weighted by Crippen LogP contribution is 2.34. The summed E-state index contributed by atoms with van der Waals surface area (Å²) >= 11 is 5.95. The Kier molecular flexibility index (Phi) is 5.66. The molecule has 0 bridgehead atoms. The van der Waals surface area contributed by atoms with E-state index >= 15 is 0 Å². The van der Waals surface area contributed by atoms with Gasteiger partial charge in [0.1, 0.15) is 12.6 Å². The lowest BCUT2D eigenvalue weighted by Crippen LogP contribution is -2.48. The number of rotatable bonds is 6. The first-order valence-corrected chi connectivity index (χ1v) is 7.91. The molecule has 0 aromatic heterocycles. The average molecular weight is 355 g/mol. The van der Waals surface area contributed by atoms with E-state index in [-0.39, 0.29) is 19.0 Å². The van der Waals surface area contributed by atoms with Crippen molar-refractivity contribution >= 4 is 35.1 Å². The van der Waals surface area contributed by atoms with E-state index in [2.05, 4.69) is 5.32 Å². The molecule has 24 heavy (non-hydrogen) atoms. The fraction of sp³-hybridized carbons (Fsp3) is 0.438. The van der Waals surface area contributed by atoms with Crippen LogP contribution in [0.5, 0.6) is 5.75 Å². The van der Waals surface area contributed by atoms with Crippen molar-refractivity contribution < 1.29 is 24.2 Å². The van der Waals surface area contributed by atoms with Gasteiger partial charge in [0.25, 0.3) is 0 Å². The zero-order chi connectivity index (χ0) is 17.9. The van der Waals surface area contributed by atoms with E-state index in [4.69, 9.17) is 16.3 Å². The number of benzene rings is 1. The van der Waals surface area contributed by atoms with Crippen molar-refractivity contribution in [3.8, 4) is 5.75 Å². The maximum atomic E-state index is 12.2. The zero-order valence-electron chi connectivity index (χ0n) is 13.4. The predicted octanol–water partition coefficient (Wildman–Crippen LogP) is 1.68. The van der Waals surface area contributed by atoms with E-state index in [1.807, 2.05) is 13.8 Å². The number of amides is 1. The summed E-state index contributed by atoms with van der Waals surface area (Å²) < 4.78 is 5.11. The standard InChI is InChI=1S/C16H19ClN2O5/c1-9(2)5-11(16(22)23)18-14(20)7-19-8-15(21)24-13-4-3-10(17)6-12(13)19/h3-4,6,9,11H,5,7-8H2,1-2H3,(H,18,20)(H,22,23). The van der Waals surface area contributed by atoms with Crippen LogP contribution >= 0.6 is 11.6 Å². The van der Waals surface area contributed by atoms with Crippen LogP contribution in [0.4, 0.5) is 5.69 Å². The smallest absolute Gasteiger partial charge is 0.331 e. The molecule has 0 fully saturated rings. The highest BCUT2D eigenvalue weighted by atomic mass is 35.5. The lowest BCUT2D eigenvalue weighted by Gasteiger charge is -2.29. The number of carboxylic acids is 1. The normalized spacial score (nSPS) is 14.8. The van der Waals surface area contributed by atoms with Crippen LogP contribution in [0, 0.1) is 5.92 Å². The van der Waals surface area contributed by atoms with Gasteiger partial charge in [-0.2, -0.15) is 0 Å². The Morgan fingerprint density at radius 1 is 1.42 bits per heavy atom. The number of halogens is 1. The number of nitrogens with zero attached hydrogens (tertiary/aromatic N) is 1. The molecule has 0 radical (unpaired) electrons. The molecular weight excluding hydrogens is 336 g/mol. The van der Waals surface area contributed by atoms with Gasteiger partial charge in [-0.25, -0.2) is 9.59 Å². The van der Waals surface area contributed by atoms with E-state index in [9.17, 15) is 19.5 Å². The average Bonchev–Trinajstić information content (AvgIpc) is 2.46. The van der Waals surface area contributed by atoms with Crippen molar-refractivity contribution in [2.24, 2.45) is 5.92 Å². The number of carboxylic acid groups (broad SMARTS) is 1. The van der Waals surface area contributed by atoms with Crippen LogP contribution in [-0.4, -0.2) is 42.1 Å². The maximum Gasteiger partial charge on any atom is 0.331 e. The van der Waals surface area contributed by atoms with Crippen LogP contribution in [-0.2, 0) is 14.4 Å². The third-order valence-corrected chi connectivity index (χ3v) is 3.72. The molecule has 1 aliphatic heterocycles. The second-order valence-electron chi connectivity index (χ2n) is 6.03. The van der Waals surface area contributed by atoms with E-state index in [0.29, 0.717) is 22.9 Å². The fourth-order valence-corrected chi connectivity index (χ4v) is 2.63. The molecule has 130 valence electrons. The molecule has 1 atom stereocenters. The Morgan fingerprint density at radius 3 is 2.75 bits per heavy atom. The summed E-state index contributed by atoms with van der Waals surface area (Å²) in [6.07, 6.45) is 0.325. The first kappa shape index (κ1) is 18.1. The minimum Gasteiger partial charge on any atom is -0.480 e. The third kappa shape index (κ3) is 4.61. The minimum absolute atomic E-state index is 0.108. The monoisotopic (exact) mass is 354 g/mol. The number of aliphatic carboxylic acids is 1. The van der Waals surface area contributed by atoms with E-state index < -0.39 is 23.9 Å². The molecule has 1 unspecified atom stereocenters.